The van der Waals surface area contributed by atoms with Crippen LogP contribution < -0.4 is 4.74 Å². The molecule has 0 bridgehead atoms. The van der Waals surface area contributed by atoms with E-state index in [1.54, 1.807) is 0 Å². The molecule has 0 aliphatic carbocycles. The predicted molar refractivity (Wildman–Crippen MR) is 71.1 cm³/mol. The first-order valence-corrected chi connectivity index (χ1v) is 6.22. The van der Waals surface area contributed by atoms with Crippen molar-refractivity contribution in [2.24, 2.45) is 0 Å². The minimum Gasteiger partial charge on any atom is -0.485 e. The molecule has 0 aliphatic rings. The summed E-state index contributed by atoms with van der Waals surface area (Å²) >= 11 is 0. The van der Waals surface area contributed by atoms with Gasteiger partial charge in [-0.25, -0.2) is 9.18 Å². The lowest BCUT2D eigenvalue weighted by molar-refractivity contribution is -0.131. The number of carboxylic acids is 1. The minimum atomic E-state index is -1.11. The molecule has 0 atom stereocenters. The highest BCUT2D eigenvalue weighted by molar-refractivity contribution is 5.85. The summed E-state index contributed by atoms with van der Waals surface area (Å²) in [6.07, 6.45) is 2.82. The highest BCUT2D eigenvalue weighted by atomic mass is 19.1. The van der Waals surface area contributed by atoms with E-state index in [9.17, 15) is 9.18 Å². The van der Waals surface area contributed by atoms with Gasteiger partial charge in [-0.05, 0) is 23.8 Å². The van der Waals surface area contributed by atoms with Gasteiger partial charge in [-0.1, -0.05) is 12.1 Å². The van der Waals surface area contributed by atoms with Crippen LogP contribution in [-0.2, 0) is 17.8 Å². The van der Waals surface area contributed by atoms with Crippen LogP contribution in [0.15, 0.2) is 28.8 Å². The van der Waals surface area contributed by atoms with Crippen molar-refractivity contribution in [3.8, 4) is 5.75 Å². The summed E-state index contributed by atoms with van der Waals surface area (Å²) in [4.78, 5) is 14.5. The van der Waals surface area contributed by atoms with Crippen molar-refractivity contribution in [2.45, 2.75) is 20.0 Å². The number of hydrogen-bond donors (Lipinski definition) is 1. The van der Waals surface area contributed by atoms with E-state index in [1.165, 1.54) is 24.3 Å². The van der Waals surface area contributed by atoms with Gasteiger partial charge in [0.15, 0.2) is 6.61 Å². The summed E-state index contributed by atoms with van der Waals surface area (Å²) in [6.45, 7) is 1.92. The summed E-state index contributed by atoms with van der Waals surface area (Å²) in [7, 11) is 0. The lowest BCUT2D eigenvalue weighted by Crippen LogP contribution is -1.98. The maximum atomic E-state index is 13.4. The Kier molecular flexibility index (Phi) is 4.65. The molecule has 2 aromatic rings. The Labute approximate surface area is 119 Å². The first-order valence-electron chi connectivity index (χ1n) is 6.22. The van der Waals surface area contributed by atoms with E-state index in [1.807, 2.05) is 6.92 Å². The van der Waals surface area contributed by atoms with E-state index in [0.717, 1.165) is 6.08 Å². The Morgan fingerprint density at radius 2 is 2.29 bits per heavy atom. The van der Waals surface area contributed by atoms with Crippen molar-refractivity contribution >= 4 is 12.0 Å². The maximum Gasteiger partial charge on any atom is 0.328 e. The molecule has 0 saturated carbocycles. The van der Waals surface area contributed by atoms with E-state index in [2.05, 4.69) is 10.1 Å². The number of hydrogen-bond acceptors (Lipinski definition) is 5. The fourth-order valence-electron chi connectivity index (χ4n) is 1.57. The molecule has 1 N–H and O–H groups in total. The zero-order chi connectivity index (χ0) is 15.2. The van der Waals surface area contributed by atoms with Gasteiger partial charge in [0, 0.05) is 18.6 Å². The monoisotopic (exact) mass is 292 g/mol. The second-order valence-electron chi connectivity index (χ2n) is 4.14. The first-order chi connectivity index (χ1) is 10.1. The number of ether oxygens (including phenoxy) is 1. The quantitative estimate of drug-likeness (QED) is 0.823. The zero-order valence-corrected chi connectivity index (χ0v) is 11.2. The predicted octanol–water partition coefficient (Wildman–Crippen LogP) is 2.45. The van der Waals surface area contributed by atoms with E-state index < -0.39 is 11.8 Å². The second kappa shape index (κ2) is 6.65. The first kappa shape index (κ1) is 14.7. The number of carboxylic acid groups (broad SMARTS) is 1. The third-order valence-corrected chi connectivity index (χ3v) is 2.49. The maximum absolute atomic E-state index is 13.4. The number of carbonyl (C=O) groups is 1. The Hall–Kier alpha value is -2.70. The van der Waals surface area contributed by atoms with Crippen LogP contribution in [-0.4, -0.2) is 21.2 Å². The molecule has 0 saturated heterocycles. The molecular formula is C14H13FN2O4. The van der Waals surface area contributed by atoms with E-state index >= 15 is 0 Å². The molecule has 110 valence electrons. The number of aryl methyl sites for hydroxylation is 1. The molecule has 7 heteroatoms. The van der Waals surface area contributed by atoms with Gasteiger partial charge >= 0.3 is 5.97 Å². The van der Waals surface area contributed by atoms with Crippen LogP contribution in [0.2, 0.25) is 0 Å². The van der Waals surface area contributed by atoms with Gasteiger partial charge in [0.1, 0.15) is 11.6 Å². The molecule has 0 aliphatic heterocycles. The Bertz CT molecular complexity index is 667. The van der Waals surface area contributed by atoms with Crippen LogP contribution in [0, 0.1) is 5.82 Å². The van der Waals surface area contributed by atoms with E-state index in [0.29, 0.717) is 23.7 Å². The lowest BCUT2D eigenvalue weighted by atomic mass is 10.2. The highest BCUT2D eigenvalue weighted by Crippen LogP contribution is 2.18. The lowest BCUT2D eigenvalue weighted by Gasteiger charge is -2.04. The molecule has 0 amide bonds. The van der Waals surface area contributed by atoms with Crippen molar-refractivity contribution in [2.75, 3.05) is 0 Å². The van der Waals surface area contributed by atoms with Gasteiger partial charge in [-0.15, -0.1) is 0 Å². The number of aromatic nitrogens is 2. The average Bonchev–Trinajstić information content (AvgIpc) is 2.90. The van der Waals surface area contributed by atoms with Crippen LogP contribution in [0.1, 0.15) is 24.2 Å². The summed E-state index contributed by atoms with van der Waals surface area (Å²) in [6, 6.07) is 3.91. The van der Waals surface area contributed by atoms with Crippen LogP contribution in [0.5, 0.6) is 5.75 Å². The number of nitrogens with zero attached hydrogens (tertiary/aromatic N) is 2. The number of rotatable bonds is 6. The van der Waals surface area contributed by atoms with Gasteiger partial charge in [-0.3, -0.25) is 0 Å². The van der Waals surface area contributed by atoms with Gasteiger partial charge in [0.05, 0.1) is 0 Å². The van der Waals surface area contributed by atoms with Gasteiger partial charge in [-0.2, -0.15) is 4.98 Å². The fourth-order valence-corrected chi connectivity index (χ4v) is 1.57. The molecule has 0 spiro atoms. The van der Waals surface area contributed by atoms with Crippen LogP contribution in [0.3, 0.4) is 0 Å². The highest BCUT2D eigenvalue weighted by Gasteiger charge is 2.06. The fraction of sp³-hybridized carbons (Fsp3) is 0.214. The molecule has 0 radical (unpaired) electrons. The molecule has 21 heavy (non-hydrogen) atoms. The molecule has 6 nitrogen and oxygen atoms in total. The molecule has 1 heterocycles. The van der Waals surface area contributed by atoms with Crippen molar-refractivity contribution < 1.29 is 23.6 Å². The Balaban J connectivity index is 2.07. The summed E-state index contributed by atoms with van der Waals surface area (Å²) < 4.78 is 23.7. The molecule has 0 fully saturated rings. The summed E-state index contributed by atoms with van der Waals surface area (Å²) in [5, 5.41) is 12.3. The smallest absolute Gasteiger partial charge is 0.328 e. The molecular weight excluding hydrogens is 279 g/mol. The Morgan fingerprint density at radius 1 is 1.48 bits per heavy atom. The van der Waals surface area contributed by atoms with Gasteiger partial charge in [0.2, 0.25) is 11.7 Å². The van der Waals surface area contributed by atoms with Crippen molar-refractivity contribution in [3.63, 3.8) is 0 Å². The molecule has 2 rings (SSSR count). The standard InChI is InChI=1S/C14H13FN2O4/c1-2-13-16-12(17-21-13)8-20-11-6-9(3-4-14(18)19)5-10(15)7-11/h3-7H,2,8H2,1H3,(H,18,19)/b4-3+. The largest absolute Gasteiger partial charge is 0.485 e. The topological polar surface area (TPSA) is 85.5 Å². The zero-order valence-electron chi connectivity index (χ0n) is 11.2. The van der Waals surface area contributed by atoms with Crippen molar-refractivity contribution in [1.29, 1.82) is 0 Å². The SMILES string of the molecule is CCc1nc(COc2cc(F)cc(/C=C/C(=O)O)c2)no1. The van der Waals surface area contributed by atoms with Crippen molar-refractivity contribution in [3.05, 3.63) is 47.4 Å². The van der Waals surface area contributed by atoms with E-state index in [4.69, 9.17) is 14.4 Å². The van der Waals surface area contributed by atoms with Crippen LogP contribution >= 0.6 is 0 Å². The number of halogens is 1. The number of benzene rings is 1. The second-order valence-corrected chi connectivity index (χ2v) is 4.14. The van der Waals surface area contributed by atoms with Crippen molar-refractivity contribution in [1.82, 2.24) is 10.1 Å². The minimum absolute atomic E-state index is 0.0367. The third kappa shape index (κ3) is 4.41. The molecule has 1 aromatic carbocycles. The summed E-state index contributed by atoms with van der Waals surface area (Å²) in [5.74, 6) is -0.528. The molecule has 0 unspecified atom stereocenters. The summed E-state index contributed by atoms with van der Waals surface area (Å²) in [5.41, 5.74) is 0.384. The van der Waals surface area contributed by atoms with Crippen LogP contribution in [0.25, 0.3) is 6.08 Å². The molecule has 1 aromatic heterocycles. The normalized spacial score (nSPS) is 11.0. The van der Waals surface area contributed by atoms with Gasteiger partial charge in [0.25, 0.3) is 0 Å². The number of aliphatic carboxylic acids is 1. The third-order valence-electron chi connectivity index (χ3n) is 2.49. The van der Waals surface area contributed by atoms with Crippen LogP contribution in [0.4, 0.5) is 4.39 Å². The van der Waals surface area contributed by atoms with E-state index in [-0.39, 0.29) is 12.4 Å². The average molecular weight is 292 g/mol. The Morgan fingerprint density at radius 3 is 2.95 bits per heavy atom. The van der Waals surface area contributed by atoms with Gasteiger partial charge < -0.3 is 14.4 Å².